The Morgan fingerprint density at radius 2 is 2.11 bits per heavy atom. The van der Waals surface area contributed by atoms with Gasteiger partial charge in [-0.05, 0) is 37.3 Å². The summed E-state index contributed by atoms with van der Waals surface area (Å²) in [5, 5.41) is 11.1. The first kappa shape index (κ1) is 18.5. The third-order valence-corrected chi connectivity index (χ3v) is 5.97. The number of hydrogen-bond donors (Lipinski definition) is 1. The highest BCUT2D eigenvalue weighted by Gasteiger charge is 2.15. The summed E-state index contributed by atoms with van der Waals surface area (Å²) < 4.78 is 6.99. The number of esters is 1. The van der Waals surface area contributed by atoms with Gasteiger partial charge in [0.05, 0.1) is 5.69 Å². The van der Waals surface area contributed by atoms with Gasteiger partial charge in [-0.2, -0.15) is 20.8 Å². The average molecular weight is 415 g/mol. The second-order valence-electron chi connectivity index (χ2n) is 6.26. The van der Waals surface area contributed by atoms with E-state index in [1.807, 2.05) is 36.1 Å². The van der Waals surface area contributed by atoms with Gasteiger partial charge < -0.3 is 10.5 Å². The molecule has 4 heterocycles. The van der Waals surface area contributed by atoms with Gasteiger partial charge in [0.25, 0.3) is 5.78 Å². The van der Waals surface area contributed by atoms with Crippen LogP contribution in [-0.4, -0.2) is 30.5 Å². The first-order valence-corrected chi connectivity index (χ1v) is 10.4. The van der Waals surface area contributed by atoms with E-state index in [0.29, 0.717) is 12.2 Å². The van der Waals surface area contributed by atoms with E-state index in [9.17, 15) is 4.79 Å². The second-order valence-corrected chi connectivity index (χ2v) is 7.90. The maximum atomic E-state index is 12.2. The molecule has 0 saturated carbocycles. The third kappa shape index (κ3) is 3.73. The van der Waals surface area contributed by atoms with Crippen LogP contribution >= 0.6 is 22.7 Å². The lowest BCUT2D eigenvalue weighted by molar-refractivity contribution is -0.145. The van der Waals surface area contributed by atoms with Crippen molar-refractivity contribution in [1.29, 1.82) is 0 Å². The summed E-state index contributed by atoms with van der Waals surface area (Å²) in [6.45, 7) is 3.98. The van der Waals surface area contributed by atoms with Gasteiger partial charge in [-0.15, -0.1) is 16.4 Å². The van der Waals surface area contributed by atoms with Crippen molar-refractivity contribution in [3.63, 3.8) is 0 Å². The van der Waals surface area contributed by atoms with Gasteiger partial charge in [-0.1, -0.05) is 0 Å². The van der Waals surface area contributed by atoms with Crippen molar-refractivity contribution in [2.45, 2.75) is 33.3 Å². The van der Waals surface area contributed by atoms with Crippen molar-refractivity contribution in [1.82, 2.24) is 24.6 Å². The van der Waals surface area contributed by atoms with Crippen LogP contribution in [0.15, 0.2) is 22.2 Å². The minimum atomic E-state index is -0.276. The number of aryl methyl sites for hydroxylation is 2. The smallest absolute Gasteiger partial charge is 0.306 e. The molecule has 0 aliphatic heterocycles. The van der Waals surface area contributed by atoms with Gasteiger partial charge >= 0.3 is 5.97 Å². The Bertz CT molecular complexity index is 1130. The highest BCUT2D eigenvalue weighted by Crippen LogP contribution is 2.26. The molecule has 28 heavy (non-hydrogen) atoms. The van der Waals surface area contributed by atoms with E-state index in [2.05, 4.69) is 20.1 Å². The maximum Gasteiger partial charge on any atom is 0.306 e. The zero-order valence-electron chi connectivity index (χ0n) is 15.4. The lowest BCUT2D eigenvalue weighted by atomic mass is 10.1. The molecule has 0 saturated heterocycles. The summed E-state index contributed by atoms with van der Waals surface area (Å²) in [6.07, 6.45) is 0.761. The SMILES string of the molecule is Cc1nc2nc(N)nn2c(C)c1CCC(=O)OCc1csc(-c2ccsc2)n1. The molecule has 0 fully saturated rings. The van der Waals surface area contributed by atoms with Crippen molar-refractivity contribution in [3.8, 4) is 10.6 Å². The molecule has 4 aromatic rings. The van der Waals surface area contributed by atoms with Gasteiger partial charge in [0.2, 0.25) is 5.95 Å². The van der Waals surface area contributed by atoms with Gasteiger partial charge in [-0.25, -0.2) is 9.97 Å². The average Bonchev–Trinajstić information content (AvgIpc) is 3.39. The molecule has 0 amide bonds. The van der Waals surface area contributed by atoms with Gasteiger partial charge in [-0.3, -0.25) is 4.79 Å². The number of ether oxygens (including phenoxy) is 1. The molecular formula is C18H18N6O2S2. The molecule has 0 aliphatic rings. The number of nitrogens with two attached hydrogens (primary N) is 1. The van der Waals surface area contributed by atoms with Crippen molar-refractivity contribution >= 4 is 40.4 Å². The molecule has 0 radical (unpaired) electrons. The summed E-state index contributed by atoms with van der Waals surface area (Å²) in [5.74, 6) is 0.363. The minimum Gasteiger partial charge on any atom is -0.459 e. The number of fused-ring (bicyclic) bond motifs is 1. The Balaban J connectivity index is 1.37. The molecule has 10 heteroatoms. The van der Waals surface area contributed by atoms with E-state index in [-0.39, 0.29) is 24.9 Å². The topological polar surface area (TPSA) is 108 Å². The Hall–Kier alpha value is -2.85. The van der Waals surface area contributed by atoms with E-state index >= 15 is 0 Å². The van der Waals surface area contributed by atoms with Crippen LogP contribution in [0.5, 0.6) is 0 Å². The van der Waals surface area contributed by atoms with Crippen molar-refractivity contribution in [3.05, 3.63) is 44.9 Å². The molecule has 0 aliphatic carbocycles. The van der Waals surface area contributed by atoms with Crippen LogP contribution in [0.4, 0.5) is 5.95 Å². The zero-order valence-corrected chi connectivity index (χ0v) is 17.0. The summed E-state index contributed by atoms with van der Waals surface area (Å²) in [5.41, 5.74) is 10.1. The summed E-state index contributed by atoms with van der Waals surface area (Å²) >= 11 is 3.18. The van der Waals surface area contributed by atoms with E-state index in [0.717, 1.165) is 33.2 Å². The number of carbonyl (C=O) groups is 1. The standard InChI is InChI=1S/C18H18N6O2S2/c1-10-14(11(2)24-18(20-10)22-17(19)23-24)3-4-15(25)26-7-13-9-28-16(21-13)12-5-6-27-8-12/h5-6,8-9H,3-4,7H2,1-2H3,(H2,19,23). The van der Waals surface area contributed by atoms with Gasteiger partial charge in [0, 0.05) is 34.1 Å². The molecule has 8 nitrogen and oxygen atoms in total. The number of thiophene rings is 1. The fourth-order valence-electron chi connectivity index (χ4n) is 2.93. The van der Waals surface area contributed by atoms with Crippen LogP contribution in [0, 0.1) is 13.8 Å². The van der Waals surface area contributed by atoms with Crippen LogP contribution in [0.25, 0.3) is 16.3 Å². The Labute approximate surface area is 169 Å². The number of aromatic nitrogens is 5. The first-order chi connectivity index (χ1) is 13.5. The van der Waals surface area contributed by atoms with Crippen LogP contribution in [0.2, 0.25) is 0 Å². The van der Waals surface area contributed by atoms with E-state index in [4.69, 9.17) is 10.5 Å². The molecule has 4 rings (SSSR count). The molecule has 0 bridgehead atoms. The Kier molecular flexibility index (Phi) is 5.05. The predicted molar refractivity (Wildman–Crippen MR) is 108 cm³/mol. The number of carbonyl (C=O) groups excluding carboxylic acids is 1. The number of thiazole rings is 1. The van der Waals surface area contributed by atoms with Crippen LogP contribution in [0.1, 0.15) is 29.1 Å². The summed E-state index contributed by atoms with van der Waals surface area (Å²) in [4.78, 5) is 25.2. The Morgan fingerprint density at radius 3 is 2.89 bits per heavy atom. The minimum absolute atomic E-state index is 0.175. The zero-order chi connectivity index (χ0) is 19.7. The van der Waals surface area contributed by atoms with E-state index < -0.39 is 0 Å². The number of hydrogen-bond acceptors (Lipinski definition) is 9. The lowest BCUT2D eigenvalue weighted by Gasteiger charge is -2.10. The van der Waals surface area contributed by atoms with Gasteiger partial charge in [0.1, 0.15) is 11.6 Å². The number of anilines is 1. The third-order valence-electron chi connectivity index (χ3n) is 4.35. The largest absolute Gasteiger partial charge is 0.459 e. The summed E-state index contributed by atoms with van der Waals surface area (Å²) in [6, 6.07) is 2.03. The number of nitrogen functional groups attached to an aromatic ring is 1. The fourth-order valence-corrected chi connectivity index (χ4v) is 4.45. The first-order valence-electron chi connectivity index (χ1n) is 8.62. The number of rotatable bonds is 6. The monoisotopic (exact) mass is 414 g/mol. The Morgan fingerprint density at radius 1 is 1.25 bits per heavy atom. The molecule has 0 spiro atoms. The lowest BCUT2D eigenvalue weighted by Crippen LogP contribution is -2.10. The fraction of sp³-hybridized carbons (Fsp3) is 0.278. The molecule has 0 atom stereocenters. The van der Waals surface area contributed by atoms with Crippen molar-refractivity contribution < 1.29 is 9.53 Å². The molecule has 4 aromatic heterocycles. The highest BCUT2D eigenvalue weighted by atomic mass is 32.1. The van der Waals surface area contributed by atoms with Crippen molar-refractivity contribution in [2.24, 2.45) is 0 Å². The van der Waals surface area contributed by atoms with E-state index in [1.165, 1.54) is 0 Å². The maximum absolute atomic E-state index is 12.2. The molecule has 144 valence electrons. The molecule has 2 N–H and O–H groups in total. The van der Waals surface area contributed by atoms with E-state index in [1.54, 1.807) is 27.2 Å². The quantitative estimate of drug-likeness (QED) is 0.483. The molecule has 0 aromatic carbocycles. The highest BCUT2D eigenvalue weighted by molar-refractivity contribution is 7.14. The van der Waals surface area contributed by atoms with Crippen molar-refractivity contribution in [2.75, 3.05) is 5.73 Å². The van der Waals surface area contributed by atoms with Gasteiger partial charge in [0.15, 0.2) is 0 Å². The van der Waals surface area contributed by atoms with Crippen LogP contribution in [-0.2, 0) is 22.6 Å². The normalized spacial score (nSPS) is 11.2. The molecule has 0 unspecified atom stereocenters. The number of nitrogens with zero attached hydrogens (tertiary/aromatic N) is 5. The second kappa shape index (κ2) is 7.64. The molecular weight excluding hydrogens is 396 g/mol. The van der Waals surface area contributed by atoms with Crippen LogP contribution in [0.3, 0.4) is 0 Å². The predicted octanol–water partition coefficient (Wildman–Crippen LogP) is 3.18. The van der Waals surface area contributed by atoms with Crippen LogP contribution < -0.4 is 5.73 Å². The summed E-state index contributed by atoms with van der Waals surface area (Å²) in [7, 11) is 0.